The molecule has 148 valence electrons. The topological polar surface area (TPSA) is 126 Å². The summed E-state index contributed by atoms with van der Waals surface area (Å²) in [5, 5.41) is 23.2. The highest BCUT2D eigenvalue weighted by Gasteiger charge is 2.18. The fraction of sp³-hybridized carbons (Fsp3) is 0.350. The minimum Gasteiger partial charge on any atom is -0.395 e. The van der Waals surface area contributed by atoms with Crippen molar-refractivity contribution in [1.29, 1.82) is 0 Å². The Labute approximate surface area is 162 Å². The molecule has 3 heterocycles. The highest BCUT2D eigenvalue weighted by atomic mass is 16.3. The monoisotopic (exact) mass is 383 g/mol. The van der Waals surface area contributed by atoms with E-state index in [9.17, 15) is 15.0 Å². The third kappa shape index (κ3) is 3.97. The van der Waals surface area contributed by atoms with Crippen LogP contribution in [0.2, 0.25) is 0 Å². The van der Waals surface area contributed by atoms with Crippen molar-refractivity contribution in [3.63, 3.8) is 0 Å². The summed E-state index contributed by atoms with van der Waals surface area (Å²) in [5.74, 6) is 0.728. The van der Waals surface area contributed by atoms with Crippen LogP contribution in [0.4, 0.5) is 11.6 Å². The van der Waals surface area contributed by atoms with Gasteiger partial charge in [0.2, 0.25) is 0 Å². The van der Waals surface area contributed by atoms with Crippen molar-refractivity contribution in [2.45, 2.75) is 39.5 Å². The summed E-state index contributed by atoms with van der Waals surface area (Å²) in [6, 6.07) is 5.37. The zero-order chi connectivity index (χ0) is 20.5. The van der Waals surface area contributed by atoms with Gasteiger partial charge in [-0.15, -0.1) is 0 Å². The average molecular weight is 383 g/mol. The van der Waals surface area contributed by atoms with Gasteiger partial charge in [-0.3, -0.25) is 4.79 Å². The van der Waals surface area contributed by atoms with Gasteiger partial charge in [0, 0.05) is 35.6 Å². The van der Waals surface area contributed by atoms with Gasteiger partial charge in [0.15, 0.2) is 0 Å². The van der Waals surface area contributed by atoms with E-state index in [1.165, 1.54) is 4.57 Å². The molecule has 0 unspecified atom stereocenters. The Hall–Kier alpha value is -2.97. The zero-order valence-corrected chi connectivity index (χ0v) is 16.2. The van der Waals surface area contributed by atoms with Gasteiger partial charge in [0.05, 0.1) is 24.3 Å². The number of aromatic nitrogens is 3. The molecule has 0 bridgehead atoms. The molecule has 0 aliphatic heterocycles. The van der Waals surface area contributed by atoms with E-state index in [1.807, 2.05) is 32.9 Å². The molecule has 0 atom stereocenters. The Balaban J connectivity index is 2.26. The van der Waals surface area contributed by atoms with Crippen LogP contribution in [-0.4, -0.2) is 36.9 Å². The molecular formula is C20H25N5O3. The lowest BCUT2D eigenvalue weighted by Crippen LogP contribution is -2.29. The van der Waals surface area contributed by atoms with E-state index in [4.69, 9.17) is 5.73 Å². The third-order valence-corrected chi connectivity index (χ3v) is 4.26. The quantitative estimate of drug-likeness (QED) is 0.528. The maximum absolute atomic E-state index is 12.9. The lowest BCUT2D eigenvalue weighted by atomic mass is 10.1. The molecule has 0 saturated carbocycles. The molecule has 0 radical (unpaired) electrons. The molecule has 3 rings (SSSR count). The maximum Gasteiger partial charge on any atom is 0.262 e. The van der Waals surface area contributed by atoms with Crippen LogP contribution >= 0.6 is 0 Å². The van der Waals surface area contributed by atoms with Gasteiger partial charge in [0.1, 0.15) is 11.6 Å². The summed E-state index contributed by atoms with van der Waals surface area (Å²) in [6.45, 7) is 5.82. The van der Waals surface area contributed by atoms with Crippen LogP contribution in [0.5, 0.6) is 0 Å². The number of aliphatic hydroxyl groups excluding tert-OH is 2. The number of fused-ring (bicyclic) bond motifs is 1. The van der Waals surface area contributed by atoms with E-state index in [1.54, 1.807) is 18.5 Å². The van der Waals surface area contributed by atoms with Crippen LogP contribution in [0.15, 0.2) is 35.4 Å². The van der Waals surface area contributed by atoms with Crippen molar-refractivity contribution in [3.8, 4) is 11.3 Å². The van der Waals surface area contributed by atoms with Crippen LogP contribution in [0.25, 0.3) is 22.0 Å². The first-order valence-corrected chi connectivity index (χ1v) is 9.02. The fourth-order valence-electron chi connectivity index (χ4n) is 2.97. The van der Waals surface area contributed by atoms with Gasteiger partial charge in [-0.2, -0.15) is 0 Å². The molecule has 0 aliphatic rings. The van der Waals surface area contributed by atoms with Gasteiger partial charge in [-0.25, -0.2) is 9.97 Å². The first-order valence-electron chi connectivity index (χ1n) is 9.02. The van der Waals surface area contributed by atoms with Crippen molar-refractivity contribution in [2.75, 3.05) is 17.7 Å². The Bertz CT molecular complexity index is 1070. The van der Waals surface area contributed by atoms with Crippen molar-refractivity contribution in [3.05, 3.63) is 46.5 Å². The minimum absolute atomic E-state index is 0.125. The molecule has 0 saturated heterocycles. The first kappa shape index (κ1) is 19.8. The molecule has 0 amide bonds. The number of rotatable bonds is 5. The van der Waals surface area contributed by atoms with Gasteiger partial charge in [0.25, 0.3) is 5.56 Å². The summed E-state index contributed by atoms with van der Waals surface area (Å²) in [6.07, 6.45) is 3.25. The largest absolute Gasteiger partial charge is 0.395 e. The Morgan fingerprint density at radius 1 is 1.25 bits per heavy atom. The second kappa shape index (κ2) is 7.57. The maximum atomic E-state index is 12.9. The predicted molar refractivity (Wildman–Crippen MR) is 110 cm³/mol. The van der Waals surface area contributed by atoms with Crippen LogP contribution in [0, 0.1) is 0 Å². The van der Waals surface area contributed by atoms with Crippen molar-refractivity contribution < 1.29 is 10.2 Å². The number of aliphatic hydroxyl groups is 2. The third-order valence-electron chi connectivity index (χ3n) is 4.26. The summed E-state index contributed by atoms with van der Waals surface area (Å²) >= 11 is 0. The Morgan fingerprint density at radius 2 is 2.00 bits per heavy atom. The van der Waals surface area contributed by atoms with Crippen LogP contribution in [-0.2, 0) is 13.2 Å². The molecule has 5 N–H and O–H groups in total. The van der Waals surface area contributed by atoms with Crippen LogP contribution in [0.1, 0.15) is 26.3 Å². The summed E-state index contributed by atoms with van der Waals surface area (Å²) in [5.41, 5.74) is 7.06. The first-order chi connectivity index (χ1) is 13.2. The van der Waals surface area contributed by atoms with Crippen molar-refractivity contribution in [2.24, 2.45) is 0 Å². The van der Waals surface area contributed by atoms with Gasteiger partial charge >= 0.3 is 0 Å². The SMILES string of the molecule is CC(C)(C)Nc1nc(-c2cnc(N)c(CO)c2)cc2ccn(CCO)c(=O)c12. The van der Waals surface area contributed by atoms with Crippen LogP contribution < -0.4 is 16.6 Å². The van der Waals surface area contributed by atoms with E-state index >= 15 is 0 Å². The van der Waals surface area contributed by atoms with E-state index in [0.717, 1.165) is 5.39 Å². The smallest absolute Gasteiger partial charge is 0.262 e. The molecule has 0 spiro atoms. The average Bonchev–Trinajstić information content (AvgIpc) is 2.63. The predicted octanol–water partition coefficient (Wildman–Crippen LogP) is 1.74. The summed E-state index contributed by atoms with van der Waals surface area (Å²) in [4.78, 5) is 21.7. The van der Waals surface area contributed by atoms with Gasteiger partial charge < -0.3 is 25.8 Å². The number of pyridine rings is 3. The highest BCUT2D eigenvalue weighted by molar-refractivity contribution is 5.94. The molecule has 0 aliphatic carbocycles. The second-order valence-electron chi connectivity index (χ2n) is 7.66. The van der Waals surface area contributed by atoms with Crippen molar-refractivity contribution >= 4 is 22.4 Å². The number of anilines is 2. The zero-order valence-electron chi connectivity index (χ0n) is 16.2. The normalized spacial score (nSPS) is 11.8. The number of nitrogens with one attached hydrogen (secondary N) is 1. The molecular weight excluding hydrogens is 358 g/mol. The number of nitrogens with zero attached hydrogens (tertiary/aromatic N) is 3. The Morgan fingerprint density at radius 3 is 2.64 bits per heavy atom. The lowest BCUT2D eigenvalue weighted by Gasteiger charge is -2.23. The minimum atomic E-state index is -0.321. The van der Waals surface area contributed by atoms with E-state index in [2.05, 4.69) is 15.3 Å². The lowest BCUT2D eigenvalue weighted by molar-refractivity contribution is 0.274. The van der Waals surface area contributed by atoms with Gasteiger partial charge in [-0.05, 0) is 44.4 Å². The number of hydrogen-bond acceptors (Lipinski definition) is 7. The van der Waals surface area contributed by atoms with Gasteiger partial charge in [-0.1, -0.05) is 0 Å². The molecule has 0 aromatic carbocycles. The molecule has 8 heteroatoms. The number of nitrogen functional groups attached to an aromatic ring is 1. The standard InChI is InChI=1S/C20H25N5O3/c1-20(2,3)24-18-16-12(4-5-25(6-7-26)19(16)28)9-15(23-18)13-8-14(11-27)17(21)22-10-13/h4-5,8-10,26-27H,6-7,11H2,1-3H3,(H2,21,22)(H,23,24). The van der Waals surface area contributed by atoms with E-state index < -0.39 is 0 Å². The number of nitrogens with two attached hydrogens (primary N) is 1. The number of hydrogen-bond donors (Lipinski definition) is 4. The molecule has 3 aromatic heterocycles. The van der Waals surface area contributed by atoms with E-state index in [0.29, 0.717) is 28.0 Å². The molecule has 3 aromatic rings. The summed E-state index contributed by atoms with van der Waals surface area (Å²) in [7, 11) is 0. The van der Waals surface area contributed by atoms with Crippen molar-refractivity contribution in [1.82, 2.24) is 14.5 Å². The second-order valence-corrected chi connectivity index (χ2v) is 7.66. The van der Waals surface area contributed by atoms with E-state index in [-0.39, 0.29) is 36.7 Å². The Kier molecular flexibility index (Phi) is 5.35. The van der Waals surface area contributed by atoms with Crippen LogP contribution in [0.3, 0.4) is 0 Å². The highest BCUT2D eigenvalue weighted by Crippen LogP contribution is 2.28. The summed E-state index contributed by atoms with van der Waals surface area (Å²) < 4.78 is 1.46. The molecule has 0 fully saturated rings. The molecule has 8 nitrogen and oxygen atoms in total. The fourth-order valence-corrected chi connectivity index (χ4v) is 2.97. The molecule has 28 heavy (non-hydrogen) atoms.